The molecule has 0 saturated carbocycles. The average molecular weight is 353 g/mol. The van der Waals surface area contributed by atoms with E-state index in [4.69, 9.17) is 23.2 Å². The molecule has 0 fully saturated rings. The lowest BCUT2D eigenvalue weighted by molar-refractivity contribution is -0.384. The zero-order valence-corrected chi connectivity index (χ0v) is 13.8. The minimum atomic E-state index is -0.446. The fourth-order valence-electron chi connectivity index (χ4n) is 2.06. The summed E-state index contributed by atoms with van der Waals surface area (Å²) in [5.74, 6) is -0.286. The van der Waals surface area contributed by atoms with Crippen LogP contribution in [0.2, 0.25) is 10.0 Å². The predicted molar refractivity (Wildman–Crippen MR) is 90.3 cm³/mol. The molecule has 0 aliphatic heterocycles. The number of hydrogen-bond acceptors (Lipinski definition) is 3. The molecule has 0 bridgehead atoms. The van der Waals surface area contributed by atoms with Crippen molar-refractivity contribution in [3.05, 3.63) is 73.8 Å². The van der Waals surface area contributed by atoms with Crippen LogP contribution < -0.4 is 5.32 Å². The Labute approximate surface area is 143 Å². The van der Waals surface area contributed by atoms with Crippen LogP contribution in [0.25, 0.3) is 0 Å². The van der Waals surface area contributed by atoms with Gasteiger partial charge in [-0.1, -0.05) is 42.3 Å². The number of carbonyl (C=O) groups excluding carboxylic acids is 1. The van der Waals surface area contributed by atoms with Gasteiger partial charge in [0.2, 0.25) is 0 Å². The average Bonchev–Trinajstić information content (AvgIpc) is 2.52. The number of hydrogen-bond donors (Lipinski definition) is 1. The molecule has 0 aromatic heterocycles. The molecule has 0 aliphatic carbocycles. The summed E-state index contributed by atoms with van der Waals surface area (Å²) in [6.07, 6.45) is 0. The number of nitro benzene ring substituents is 1. The van der Waals surface area contributed by atoms with E-state index in [0.29, 0.717) is 17.1 Å². The first-order valence-corrected chi connectivity index (χ1v) is 7.61. The second kappa shape index (κ2) is 7.44. The van der Waals surface area contributed by atoms with E-state index in [1.165, 1.54) is 18.2 Å². The maximum atomic E-state index is 12.1. The first kappa shape index (κ1) is 17.2. The molecule has 1 unspecified atom stereocenters. The molecule has 1 N–H and O–H groups in total. The molecule has 0 saturated heterocycles. The van der Waals surface area contributed by atoms with E-state index in [1.54, 1.807) is 24.3 Å². The summed E-state index contributed by atoms with van der Waals surface area (Å²) in [5, 5.41) is 14.2. The highest BCUT2D eigenvalue weighted by atomic mass is 35.5. The zero-order chi connectivity index (χ0) is 17.0. The van der Waals surface area contributed by atoms with Crippen LogP contribution in [0.3, 0.4) is 0 Å². The summed E-state index contributed by atoms with van der Waals surface area (Å²) in [7, 11) is 0. The predicted octanol–water partition coefficient (Wildman–Crippen LogP) is 4.44. The third kappa shape index (κ3) is 4.43. The third-order valence-corrected chi connectivity index (χ3v) is 3.97. The summed E-state index contributed by atoms with van der Waals surface area (Å²) >= 11 is 11.8. The van der Waals surface area contributed by atoms with E-state index < -0.39 is 4.92 Å². The second-order valence-electron chi connectivity index (χ2n) is 5.08. The number of nitro groups is 1. The molecule has 5 nitrogen and oxygen atoms in total. The quantitative estimate of drug-likeness (QED) is 0.638. The number of halogens is 2. The fourth-order valence-corrected chi connectivity index (χ4v) is 2.55. The van der Waals surface area contributed by atoms with Crippen molar-refractivity contribution >= 4 is 34.8 Å². The molecule has 0 aliphatic rings. The van der Waals surface area contributed by atoms with Gasteiger partial charge in [0.15, 0.2) is 0 Å². The van der Waals surface area contributed by atoms with Gasteiger partial charge < -0.3 is 5.32 Å². The lowest BCUT2D eigenvalue weighted by atomic mass is 10.0. The molecule has 1 atom stereocenters. The van der Waals surface area contributed by atoms with Gasteiger partial charge in [-0.15, -0.1) is 0 Å². The number of amides is 1. The molecule has 0 heterocycles. The van der Waals surface area contributed by atoms with Crippen molar-refractivity contribution in [1.29, 1.82) is 0 Å². The van der Waals surface area contributed by atoms with Crippen molar-refractivity contribution in [1.82, 2.24) is 5.32 Å². The molecule has 0 radical (unpaired) electrons. The van der Waals surface area contributed by atoms with Gasteiger partial charge in [-0.2, -0.15) is 0 Å². The molecule has 2 aromatic carbocycles. The SMILES string of the molecule is CC(CNC(=O)c1ccc(Cl)cc1Cl)c1ccc([N+](=O)[O-])cc1. The van der Waals surface area contributed by atoms with Gasteiger partial charge >= 0.3 is 0 Å². The fraction of sp³-hybridized carbons (Fsp3) is 0.188. The number of carbonyl (C=O) groups is 1. The van der Waals surface area contributed by atoms with Crippen LogP contribution in [0.5, 0.6) is 0 Å². The molecular weight excluding hydrogens is 339 g/mol. The molecule has 7 heteroatoms. The minimum absolute atomic E-state index is 0.00540. The zero-order valence-electron chi connectivity index (χ0n) is 12.3. The summed E-state index contributed by atoms with van der Waals surface area (Å²) in [4.78, 5) is 22.3. The summed E-state index contributed by atoms with van der Waals surface area (Å²) in [6, 6.07) is 10.9. The summed E-state index contributed by atoms with van der Waals surface area (Å²) in [5.41, 5.74) is 1.29. The Hall–Kier alpha value is -2.11. The Morgan fingerprint density at radius 3 is 2.43 bits per heavy atom. The molecule has 1 amide bonds. The lowest BCUT2D eigenvalue weighted by Gasteiger charge is -2.13. The topological polar surface area (TPSA) is 72.2 Å². The highest BCUT2D eigenvalue weighted by molar-refractivity contribution is 6.36. The van der Waals surface area contributed by atoms with Gasteiger partial charge in [0, 0.05) is 23.7 Å². The first-order valence-electron chi connectivity index (χ1n) is 6.86. The van der Waals surface area contributed by atoms with E-state index >= 15 is 0 Å². The highest BCUT2D eigenvalue weighted by Crippen LogP contribution is 2.22. The molecule has 2 rings (SSSR count). The van der Waals surface area contributed by atoms with Crippen LogP contribution in [-0.4, -0.2) is 17.4 Å². The van der Waals surface area contributed by atoms with Crippen LogP contribution in [0.15, 0.2) is 42.5 Å². The Kier molecular flexibility index (Phi) is 5.58. The van der Waals surface area contributed by atoms with Gasteiger partial charge in [-0.05, 0) is 29.7 Å². The first-order chi connectivity index (χ1) is 10.9. The maximum Gasteiger partial charge on any atom is 0.269 e. The largest absolute Gasteiger partial charge is 0.351 e. The summed E-state index contributed by atoms with van der Waals surface area (Å²) < 4.78 is 0. The standard InChI is InChI=1S/C16H14Cl2N2O3/c1-10(11-2-5-13(6-3-11)20(22)23)9-19-16(21)14-7-4-12(17)8-15(14)18/h2-8,10H,9H2,1H3,(H,19,21). The van der Waals surface area contributed by atoms with E-state index in [-0.39, 0.29) is 22.5 Å². The molecule has 23 heavy (non-hydrogen) atoms. The van der Waals surface area contributed by atoms with Gasteiger partial charge in [0.25, 0.3) is 11.6 Å². The van der Waals surface area contributed by atoms with Gasteiger partial charge in [0.1, 0.15) is 0 Å². The third-order valence-electron chi connectivity index (χ3n) is 3.42. The minimum Gasteiger partial charge on any atom is -0.351 e. The lowest BCUT2D eigenvalue weighted by Crippen LogP contribution is -2.27. The van der Waals surface area contributed by atoms with Gasteiger partial charge in [0.05, 0.1) is 15.5 Å². The van der Waals surface area contributed by atoms with Crippen LogP contribution in [0.4, 0.5) is 5.69 Å². The van der Waals surface area contributed by atoms with Crippen LogP contribution in [-0.2, 0) is 0 Å². The van der Waals surface area contributed by atoms with Crippen molar-refractivity contribution in [2.24, 2.45) is 0 Å². The monoisotopic (exact) mass is 352 g/mol. The van der Waals surface area contributed by atoms with E-state index in [0.717, 1.165) is 5.56 Å². The van der Waals surface area contributed by atoms with Crippen molar-refractivity contribution in [2.75, 3.05) is 6.54 Å². The highest BCUT2D eigenvalue weighted by Gasteiger charge is 2.13. The number of benzene rings is 2. The van der Waals surface area contributed by atoms with Crippen molar-refractivity contribution in [2.45, 2.75) is 12.8 Å². The molecular formula is C16H14Cl2N2O3. The number of rotatable bonds is 5. The van der Waals surface area contributed by atoms with Crippen molar-refractivity contribution < 1.29 is 9.72 Å². The van der Waals surface area contributed by atoms with E-state index in [9.17, 15) is 14.9 Å². The Morgan fingerprint density at radius 1 is 1.22 bits per heavy atom. The van der Waals surface area contributed by atoms with Crippen LogP contribution in [0, 0.1) is 10.1 Å². The van der Waals surface area contributed by atoms with E-state index in [2.05, 4.69) is 5.32 Å². The molecule has 0 spiro atoms. The Morgan fingerprint density at radius 2 is 1.87 bits per heavy atom. The van der Waals surface area contributed by atoms with Crippen LogP contribution in [0.1, 0.15) is 28.8 Å². The smallest absolute Gasteiger partial charge is 0.269 e. The summed E-state index contributed by atoms with van der Waals surface area (Å²) in [6.45, 7) is 2.31. The second-order valence-corrected chi connectivity index (χ2v) is 5.93. The Bertz CT molecular complexity index is 733. The van der Waals surface area contributed by atoms with Gasteiger partial charge in [-0.3, -0.25) is 14.9 Å². The van der Waals surface area contributed by atoms with Crippen molar-refractivity contribution in [3.63, 3.8) is 0 Å². The van der Waals surface area contributed by atoms with Crippen molar-refractivity contribution in [3.8, 4) is 0 Å². The number of nitrogens with one attached hydrogen (secondary N) is 1. The number of non-ortho nitro benzene ring substituents is 1. The van der Waals surface area contributed by atoms with E-state index in [1.807, 2.05) is 6.92 Å². The molecule has 2 aromatic rings. The normalized spacial score (nSPS) is 11.8. The van der Waals surface area contributed by atoms with Gasteiger partial charge in [-0.25, -0.2) is 0 Å². The number of nitrogens with zero attached hydrogens (tertiary/aromatic N) is 1. The molecule has 120 valence electrons. The Balaban J connectivity index is 1.99. The maximum absolute atomic E-state index is 12.1. The van der Waals surface area contributed by atoms with Crippen LogP contribution >= 0.6 is 23.2 Å².